The van der Waals surface area contributed by atoms with Crippen molar-refractivity contribution in [2.45, 2.75) is 91.1 Å². The Bertz CT molecular complexity index is 597. The summed E-state index contributed by atoms with van der Waals surface area (Å²) in [7, 11) is 0. The summed E-state index contributed by atoms with van der Waals surface area (Å²) in [4.78, 5) is 11.2. The van der Waals surface area contributed by atoms with Crippen molar-refractivity contribution in [3.8, 4) is 0 Å². The molecule has 152 valence electrons. The van der Waals surface area contributed by atoms with Gasteiger partial charge in [0.25, 0.3) is 0 Å². The molecule has 0 aliphatic heterocycles. The number of allylic oxidation sites excluding steroid dienone is 1. The number of carbonyl (C=O) groups is 1. The lowest BCUT2D eigenvalue weighted by Crippen LogP contribution is -2.46. The van der Waals surface area contributed by atoms with E-state index in [1.165, 1.54) is 44.9 Å². The first-order valence-corrected chi connectivity index (χ1v) is 11.6. The monoisotopic (exact) mass is 373 g/mol. The highest BCUT2D eigenvalue weighted by molar-refractivity contribution is 5.64. The van der Waals surface area contributed by atoms with Crippen LogP contribution in [-0.2, 0) is 4.74 Å². The Hall–Kier alpha value is -0.990. The lowest BCUT2D eigenvalue weighted by Gasteiger charge is -2.53. The van der Waals surface area contributed by atoms with Gasteiger partial charge in [-0.15, -0.1) is 0 Å². The molecule has 1 amide bonds. The van der Waals surface area contributed by atoms with Gasteiger partial charge in [0.2, 0.25) is 0 Å². The summed E-state index contributed by atoms with van der Waals surface area (Å²) in [6.07, 6.45) is 14.8. The minimum atomic E-state index is -0.614. The van der Waals surface area contributed by atoms with Gasteiger partial charge in [0.1, 0.15) is 6.10 Å². The molecule has 0 aromatic heterocycles. The van der Waals surface area contributed by atoms with E-state index in [2.05, 4.69) is 26.8 Å². The summed E-state index contributed by atoms with van der Waals surface area (Å²) in [5, 5.41) is 0. The van der Waals surface area contributed by atoms with Crippen molar-refractivity contribution in [2.24, 2.45) is 46.7 Å². The van der Waals surface area contributed by atoms with Gasteiger partial charge in [-0.05, 0) is 85.9 Å². The average molecular weight is 374 g/mol. The Labute approximate surface area is 165 Å². The topological polar surface area (TPSA) is 52.3 Å². The number of rotatable bonds is 2. The van der Waals surface area contributed by atoms with E-state index in [-0.39, 0.29) is 6.10 Å². The zero-order valence-electron chi connectivity index (χ0n) is 17.6. The van der Waals surface area contributed by atoms with Gasteiger partial charge >= 0.3 is 6.09 Å². The van der Waals surface area contributed by atoms with Crippen molar-refractivity contribution < 1.29 is 9.53 Å². The molecule has 4 rings (SSSR count). The smallest absolute Gasteiger partial charge is 0.404 e. The van der Waals surface area contributed by atoms with Crippen molar-refractivity contribution in [2.75, 3.05) is 0 Å². The third kappa shape index (κ3) is 3.44. The van der Waals surface area contributed by atoms with E-state index in [1.807, 2.05) is 0 Å². The molecule has 27 heavy (non-hydrogen) atoms. The average Bonchev–Trinajstić information content (AvgIpc) is 2.99. The first kappa shape index (κ1) is 19.3. The van der Waals surface area contributed by atoms with Crippen molar-refractivity contribution in [3.63, 3.8) is 0 Å². The first-order chi connectivity index (χ1) is 12.9. The van der Waals surface area contributed by atoms with Crippen LogP contribution in [0.25, 0.3) is 0 Å². The number of ether oxygens (including phenoxy) is 1. The van der Waals surface area contributed by atoms with Crippen LogP contribution in [0.4, 0.5) is 4.79 Å². The molecule has 0 saturated heterocycles. The molecule has 3 fully saturated rings. The Kier molecular flexibility index (Phi) is 5.33. The van der Waals surface area contributed by atoms with Crippen LogP contribution >= 0.6 is 0 Å². The third-order valence-corrected chi connectivity index (χ3v) is 9.06. The predicted octanol–water partition coefficient (Wildman–Crippen LogP) is 6.08. The third-order valence-electron chi connectivity index (χ3n) is 9.06. The molecule has 4 aliphatic rings. The number of hydrogen-bond acceptors (Lipinski definition) is 2. The largest absolute Gasteiger partial charge is 0.446 e. The molecule has 3 heteroatoms. The van der Waals surface area contributed by atoms with Gasteiger partial charge in [0.05, 0.1) is 0 Å². The van der Waals surface area contributed by atoms with Crippen molar-refractivity contribution in [3.05, 3.63) is 11.6 Å². The van der Waals surface area contributed by atoms with Crippen molar-refractivity contribution in [1.82, 2.24) is 0 Å². The molecule has 4 aliphatic carbocycles. The molecule has 7 atom stereocenters. The molecule has 0 radical (unpaired) electrons. The van der Waals surface area contributed by atoms with E-state index in [1.54, 1.807) is 5.57 Å². The quantitative estimate of drug-likeness (QED) is 0.597. The molecule has 0 aromatic carbocycles. The summed E-state index contributed by atoms with van der Waals surface area (Å²) in [6.45, 7) is 7.43. The standard InChI is InChI=1S/C24H39NO2/c1-15(2)18-10-11-20-19(18)6-4-5-7-22-21(20)9-8-16-14-17(27-23(25)26)12-13-24(16,22)3/h8,15,17-22H,4-7,9-14H2,1-3H3,(H2,25,26)/t17?,18-,19+,20?,21?,22?,24?/m1/s1. The van der Waals surface area contributed by atoms with Crippen LogP contribution < -0.4 is 5.73 Å². The predicted molar refractivity (Wildman–Crippen MR) is 109 cm³/mol. The SMILES string of the molecule is CC(C)[C@H]1CCC2C3CC=C4CC(OC(N)=O)CCC4(C)C3CCCC[C@H]21. The lowest BCUT2D eigenvalue weighted by atomic mass is 9.52. The summed E-state index contributed by atoms with van der Waals surface area (Å²) in [5.41, 5.74) is 7.17. The minimum absolute atomic E-state index is 0.00326. The van der Waals surface area contributed by atoms with Gasteiger partial charge in [0.15, 0.2) is 0 Å². The molecule has 3 saturated carbocycles. The highest BCUT2D eigenvalue weighted by Gasteiger charge is 2.52. The molecular formula is C24H39NO2. The fraction of sp³-hybridized carbons (Fsp3) is 0.875. The number of primary amides is 1. The van der Waals surface area contributed by atoms with Gasteiger partial charge in [-0.25, -0.2) is 4.79 Å². The van der Waals surface area contributed by atoms with Gasteiger partial charge in [-0.3, -0.25) is 0 Å². The van der Waals surface area contributed by atoms with E-state index in [0.717, 1.165) is 54.8 Å². The molecule has 3 nitrogen and oxygen atoms in total. The maximum atomic E-state index is 11.2. The zero-order chi connectivity index (χ0) is 19.2. The molecule has 0 aromatic rings. The van der Waals surface area contributed by atoms with Crippen molar-refractivity contribution >= 4 is 6.09 Å². The summed E-state index contributed by atoms with van der Waals surface area (Å²) in [6, 6.07) is 0. The van der Waals surface area contributed by atoms with Gasteiger partial charge < -0.3 is 10.5 Å². The van der Waals surface area contributed by atoms with Crippen LogP contribution in [-0.4, -0.2) is 12.2 Å². The zero-order valence-corrected chi connectivity index (χ0v) is 17.6. The Morgan fingerprint density at radius 3 is 2.63 bits per heavy atom. The van der Waals surface area contributed by atoms with E-state index in [4.69, 9.17) is 10.5 Å². The highest BCUT2D eigenvalue weighted by atomic mass is 16.6. The Balaban J connectivity index is 1.58. The van der Waals surface area contributed by atoms with Gasteiger partial charge in [-0.1, -0.05) is 45.3 Å². The Morgan fingerprint density at radius 2 is 1.89 bits per heavy atom. The van der Waals surface area contributed by atoms with Crippen LogP contribution in [0.5, 0.6) is 0 Å². The van der Waals surface area contributed by atoms with Crippen LogP contribution in [0, 0.1) is 40.9 Å². The number of carbonyl (C=O) groups excluding carboxylic acids is 1. The fourth-order valence-corrected chi connectivity index (χ4v) is 7.79. The van der Waals surface area contributed by atoms with E-state index >= 15 is 0 Å². The minimum Gasteiger partial charge on any atom is -0.446 e. The van der Waals surface area contributed by atoms with Crippen LogP contribution in [0.3, 0.4) is 0 Å². The van der Waals surface area contributed by atoms with Crippen LogP contribution in [0.15, 0.2) is 11.6 Å². The number of hydrogen-bond donors (Lipinski definition) is 1. The first-order valence-electron chi connectivity index (χ1n) is 11.6. The van der Waals surface area contributed by atoms with Crippen LogP contribution in [0.2, 0.25) is 0 Å². The number of amides is 1. The molecule has 2 N–H and O–H groups in total. The highest BCUT2D eigenvalue weighted by Crippen LogP contribution is 2.60. The van der Waals surface area contributed by atoms with Crippen LogP contribution in [0.1, 0.15) is 85.0 Å². The normalized spacial score (nSPS) is 44.4. The van der Waals surface area contributed by atoms with Gasteiger partial charge in [-0.2, -0.15) is 0 Å². The molecule has 0 heterocycles. The molecule has 5 unspecified atom stereocenters. The number of nitrogens with two attached hydrogens (primary N) is 1. The van der Waals surface area contributed by atoms with E-state index < -0.39 is 6.09 Å². The maximum Gasteiger partial charge on any atom is 0.404 e. The number of fused-ring (bicyclic) bond motifs is 5. The molecule has 0 spiro atoms. The maximum absolute atomic E-state index is 11.2. The molecule has 0 bridgehead atoms. The summed E-state index contributed by atoms with van der Waals surface area (Å²) >= 11 is 0. The second kappa shape index (κ2) is 7.44. The second-order valence-corrected chi connectivity index (χ2v) is 10.6. The lowest BCUT2D eigenvalue weighted by molar-refractivity contribution is 0.00392. The summed E-state index contributed by atoms with van der Waals surface area (Å²) in [5.74, 6) is 5.39. The Morgan fingerprint density at radius 1 is 1.11 bits per heavy atom. The second-order valence-electron chi connectivity index (χ2n) is 10.6. The van der Waals surface area contributed by atoms with Crippen molar-refractivity contribution in [1.29, 1.82) is 0 Å². The fourth-order valence-electron chi connectivity index (χ4n) is 7.79. The van der Waals surface area contributed by atoms with Gasteiger partial charge in [0, 0.05) is 6.42 Å². The molecular weight excluding hydrogens is 334 g/mol. The summed E-state index contributed by atoms with van der Waals surface area (Å²) < 4.78 is 5.37. The van der Waals surface area contributed by atoms with E-state index in [0.29, 0.717) is 5.41 Å². The van der Waals surface area contributed by atoms with E-state index in [9.17, 15) is 4.79 Å².